The fourth-order valence-electron chi connectivity index (χ4n) is 4.17. The zero-order valence-corrected chi connectivity index (χ0v) is 18.3. The molecule has 2 heterocycles. The highest BCUT2D eigenvalue weighted by molar-refractivity contribution is 7.16. The van der Waals surface area contributed by atoms with Gasteiger partial charge in [-0.25, -0.2) is 0 Å². The molecule has 1 aliphatic heterocycles. The molecular formula is C23H25N3O3S. The zero-order chi connectivity index (χ0) is 21.5. The Balaban J connectivity index is 1.53. The van der Waals surface area contributed by atoms with Crippen LogP contribution in [0.3, 0.4) is 0 Å². The molecule has 0 radical (unpaired) electrons. The fourth-order valence-corrected chi connectivity index (χ4v) is 5.46. The minimum absolute atomic E-state index is 0.0881. The first kappa shape index (κ1) is 20.4. The summed E-state index contributed by atoms with van der Waals surface area (Å²) < 4.78 is 5.43. The topological polar surface area (TPSA) is 82.4 Å². The van der Waals surface area contributed by atoms with Crippen LogP contribution in [0.4, 0.5) is 10.7 Å². The third kappa shape index (κ3) is 3.80. The molecule has 1 aliphatic carbocycles. The Morgan fingerprint density at radius 2 is 2.13 bits per heavy atom. The Kier molecular flexibility index (Phi) is 5.29. The predicted octanol–water partition coefficient (Wildman–Crippen LogP) is 4.13. The highest BCUT2D eigenvalue weighted by Crippen LogP contribution is 2.44. The van der Waals surface area contributed by atoms with Gasteiger partial charge in [0.15, 0.2) is 6.61 Å². The van der Waals surface area contributed by atoms with Crippen molar-refractivity contribution in [1.29, 1.82) is 5.26 Å². The van der Waals surface area contributed by atoms with E-state index in [2.05, 4.69) is 32.2 Å². The molecule has 7 heteroatoms. The molecule has 1 atom stereocenters. The Labute approximate surface area is 180 Å². The van der Waals surface area contributed by atoms with Crippen LogP contribution in [-0.4, -0.2) is 25.0 Å². The average molecular weight is 424 g/mol. The van der Waals surface area contributed by atoms with Gasteiger partial charge in [0.1, 0.15) is 23.4 Å². The summed E-state index contributed by atoms with van der Waals surface area (Å²) in [6.45, 7) is 6.55. The van der Waals surface area contributed by atoms with Crippen molar-refractivity contribution >= 4 is 33.8 Å². The summed E-state index contributed by atoms with van der Waals surface area (Å²) in [5, 5.41) is 13.2. The van der Waals surface area contributed by atoms with Crippen molar-refractivity contribution in [2.24, 2.45) is 11.3 Å². The minimum Gasteiger partial charge on any atom is -0.482 e. The monoisotopic (exact) mass is 423 g/mol. The third-order valence-electron chi connectivity index (χ3n) is 5.96. The first-order valence-corrected chi connectivity index (χ1v) is 11.0. The second kappa shape index (κ2) is 7.77. The number of benzene rings is 1. The van der Waals surface area contributed by atoms with Crippen LogP contribution in [0.2, 0.25) is 0 Å². The molecular weight excluding hydrogens is 398 g/mol. The van der Waals surface area contributed by atoms with Crippen LogP contribution in [0.5, 0.6) is 5.75 Å². The van der Waals surface area contributed by atoms with Gasteiger partial charge in [0, 0.05) is 4.88 Å². The third-order valence-corrected chi connectivity index (χ3v) is 7.13. The summed E-state index contributed by atoms with van der Waals surface area (Å²) in [4.78, 5) is 27.7. The Bertz CT molecular complexity index is 1040. The lowest BCUT2D eigenvalue weighted by Crippen LogP contribution is -2.43. The van der Waals surface area contributed by atoms with Crippen LogP contribution in [0.25, 0.3) is 0 Å². The number of nitriles is 1. The number of anilines is 2. The van der Waals surface area contributed by atoms with Gasteiger partial charge in [0.2, 0.25) is 5.91 Å². The molecule has 2 aromatic rings. The van der Waals surface area contributed by atoms with Crippen molar-refractivity contribution in [1.82, 2.24) is 0 Å². The number of rotatable bonds is 3. The molecule has 2 aliphatic rings. The molecule has 0 saturated heterocycles. The van der Waals surface area contributed by atoms with E-state index in [0.717, 1.165) is 24.8 Å². The Hall–Kier alpha value is -2.85. The molecule has 156 valence electrons. The molecule has 1 N–H and O–H groups in total. The minimum atomic E-state index is -0.317. The molecule has 30 heavy (non-hydrogen) atoms. The summed E-state index contributed by atoms with van der Waals surface area (Å²) >= 11 is 1.50. The fraction of sp³-hybridized carbons (Fsp3) is 0.435. The maximum atomic E-state index is 12.8. The summed E-state index contributed by atoms with van der Waals surface area (Å²) in [5.41, 5.74) is 2.44. The molecule has 0 spiro atoms. The van der Waals surface area contributed by atoms with Gasteiger partial charge in [-0.3, -0.25) is 14.5 Å². The van der Waals surface area contributed by atoms with Crippen LogP contribution in [0.1, 0.15) is 43.2 Å². The lowest BCUT2D eigenvalue weighted by molar-refractivity contribution is -0.123. The number of ether oxygens (including phenoxy) is 1. The van der Waals surface area contributed by atoms with E-state index in [4.69, 9.17) is 4.74 Å². The van der Waals surface area contributed by atoms with Gasteiger partial charge in [0.25, 0.3) is 5.91 Å². The number of nitrogens with one attached hydrogen (secondary N) is 1. The number of thiophene rings is 1. The van der Waals surface area contributed by atoms with E-state index < -0.39 is 0 Å². The molecule has 0 bridgehead atoms. The van der Waals surface area contributed by atoms with E-state index in [9.17, 15) is 14.9 Å². The maximum absolute atomic E-state index is 12.8. The quantitative estimate of drug-likeness (QED) is 0.805. The molecule has 0 unspecified atom stereocenters. The smallest absolute Gasteiger partial charge is 0.265 e. The second-order valence-electron chi connectivity index (χ2n) is 8.91. The summed E-state index contributed by atoms with van der Waals surface area (Å²) in [6, 6.07) is 9.45. The van der Waals surface area contributed by atoms with Crippen LogP contribution in [0.15, 0.2) is 24.3 Å². The van der Waals surface area contributed by atoms with Crippen molar-refractivity contribution in [3.05, 3.63) is 40.3 Å². The lowest BCUT2D eigenvalue weighted by Gasteiger charge is -2.33. The highest BCUT2D eigenvalue weighted by atomic mass is 32.1. The first-order valence-electron chi connectivity index (χ1n) is 10.1. The van der Waals surface area contributed by atoms with Crippen LogP contribution in [0, 0.1) is 22.7 Å². The SMILES string of the molecule is CC(C)(C)[C@@H]1CCc2c(sc(NC(=O)CN3C(=O)COc4ccccc43)c2C#N)C1. The number of amides is 2. The predicted molar refractivity (Wildman–Crippen MR) is 117 cm³/mol. The van der Waals surface area contributed by atoms with E-state index in [1.165, 1.54) is 21.1 Å². The van der Waals surface area contributed by atoms with Crippen molar-refractivity contribution in [2.75, 3.05) is 23.4 Å². The van der Waals surface area contributed by atoms with E-state index in [1.54, 1.807) is 18.2 Å². The van der Waals surface area contributed by atoms with Gasteiger partial charge in [-0.1, -0.05) is 32.9 Å². The first-order chi connectivity index (χ1) is 14.3. The number of para-hydroxylation sites is 2. The van der Waals surface area contributed by atoms with Gasteiger partial charge in [-0.05, 0) is 48.3 Å². The van der Waals surface area contributed by atoms with Gasteiger partial charge < -0.3 is 10.1 Å². The summed E-state index contributed by atoms with van der Waals surface area (Å²) in [6.07, 6.45) is 2.85. The average Bonchev–Trinajstić information content (AvgIpc) is 3.05. The number of carbonyl (C=O) groups is 2. The zero-order valence-electron chi connectivity index (χ0n) is 17.4. The van der Waals surface area contributed by atoms with Crippen LogP contribution in [-0.2, 0) is 22.4 Å². The molecule has 1 aromatic carbocycles. The number of hydrogen-bond acceptors (Lipinski definition) is 5. The maximum Gasteiger partial charge on any atom is 0.265 e. The van der Waals surface area contributed by atoms with Crippen molar-refractivity contribution < 1.29 is 14.3 Å². The summed E-state index contributed by atoms with van der Waals surface area (Å²) in [7, 11) is 0. The number of carbonyl (C=O) groups excluding carboxylic acids is 2. The second-order valence-corrected chi connectivity index (χ2v) is 10.0. The van der Waals surface area contributed by atoms with Crippen LogP contribution >= 0.6 is 11.3 Å². The molecule has 0 fully saturated rings. The Morgan fingerprint density at radius 1 is 1.37 bits per heavy atom. The lowest BCUT2D eigenvalue weighted by atomic mass is 9.72. The molecule has 1 aromatic heterocycles. The normalized spacial score (nSPS) is 18.1. The van der Waals surface area contributed by atoms with E-state index in [1.807, 2.05) is 6.07 Å². The number of nitrogens with zero attached hydrogens (tertiary/aromatic N) is 2. The number of fused-ring (bicyclic) bond motifs is 2. The van der Waals surface area contributed by atoms with Gasteiger partial charge >= 0.3 is 0 Å². The largest absolute Gasteiger partial charge is 0.482 e. The van der Waals surface area contributed by atoms with Crippen molar-refractivity contribution in [3.8, 4) is 11.8 Å². The van der Waals surface area contributed by atoms with Crippen molar-refractivity contribution in [2.45, 2.75) is 40.0 Å². The van der Waals surface area contributed by atoms with Crippen molar-refractivity contribution in [3.63, 3.8) is 0 Å². The standard InChI is InChI=1S/C23H25N3O3S/c1-23(2,3)14-8-9-15-16(11-24)22(30-19(15)10-14)25-20(27)12-26-17-6-4-5-7-18(17)29-13-21(26)28/h4-7,14H,8-10,12-13H2,1-3H3,(H,25,27)/t14-/m1/s1. The van der Waals surface area contributed by atoms with Gasteiger partial charge in [0.05, 0.1) is 11.3 Å². The number of hydrogen-bond donors (Lipinski definition) is 1. The summed E-state index contributed by atoms with van der Waals surface area (Å²) in [5.74, 6) is 0.564. The molecule has 4 rings (SSSR count). The van der Waals surface area contributed by atoms with Gasteiger partial charge in [-0.15, -0.1) is 11.3 Å². The molecule has 6 nitrogen and oxygen atoms in total. The molecule has 2 amide bonds. The Morgan fingerprint density at radius 3 is 2.87 bits per heavy atom. The highest BCUT2D eigenvalue weighted by Gasteiger charge is 2.33. The van der Waals surface area contributed by atoms with E-state index in [-0.39, 0.29) is 30.4 Å². The van der Waals surface area contributed by atoms with Crippen LogP contribution < -0.4 is 15.0 Å². The van der Waals surface area contributed by atoms with E-state index in [0.29, 0.717) is 27.9 Å². The molecule has 0 saturated carbocycles. The van der Waals surface area contributed by atoms with Gasteiger partial charge in [-0.2, -0.15) is 5.26 Å². The van der Waals surface area contributed by atoms with E-state index >= 15 is 0 Å².